The van der Waals surface area contributed by atoms with Crippen molar-refractivity contribution in [3.05, 3.63) is 48.3 Å². The van der Waals surface area contributed by atoms with Crippen molar-refractivity contribution in [1.82, 2.24) is 4.98 Å². The summed E-state index contributed by atoms with van der Waals surface area (Å²) in [4.78, 5) is 3.05. The maximum atomic E-state index is 8.70. The van der Waals surface area contributed by atoms with Crippen molar-refractivity contribution >= 4 is 0 Å². The normalized spacial score (nSPS) is 12.0. The fraction of sp³-hybridized carbons (Fsp3) is 0.214. The Labute approximate surface area is 95.6 Å². The minimum absolute atomic E-state index is 0.295. The lowest BCUT2D eigenvalue weighted by molar-refractivity contribution is 0.789. The van der Waals surface area contributed by atoms with Crippen molar-refractivity contribution in [2.24, 2.45) is 0 Å². The number of nitriles is 1. The molecule has 2 rings (SSSR count). The van der Waals surface area contributed by atoms with Gasteiger partial charge in [0.1, 0.15) is 0 Å². The number of aromatic nitrogens is 1. The lowest BCUT2D eigenvalue weighted by atomic mass is 9.95. The van der Waals surface area contributed by atoms with Crippen LogP contribution in [0.5, 0.6) is 0 Å². The van der Waals surface area contributed by atoms with E-state index in [1.54, 1.807) is 0 Å². The summed E-state index contributed by atoms with van der Waals surface area (Å²) >= 11 is 0. The van der Waals surface area contributed by atoms with Gasteiger partial charge in [-0.25, -0.2) is 0 Å². The van der Waals surface area contributed by atoms with Gasteiger partial charge < -0.3 is 4.98 Å². The molecule has 0 fully saturated rings. The molecule has 0 radical (unpaired) electrons. The van der Waals surface area contributed by atoms with E-state index in [1.165, 1.54) is 16.7 Å². The Bertz CT molecular complexity index is 492. The van der Waals surface area contributed by atoms with Crippen LogP contribution in [0.15, 0.2) is 42.7 Å². The molecule has 0 saturated carbocycles. The topological polar surface area (TPSA) is 39.6 Å². The van der Waals surface area contributed by atoms with Crippen LogP contribution in [0, 0.1) is 11.3 Å². The van der Waals surface area contributed by atoms with Crippen LogP contribution in [0.3, 0.4) is 0 Å². The SMILES string of the molecule is CC(CC#N)c1cccc(-c2cc[nH]c2)c1. The van der Waals surface area contributed by atoms with E-state index in [2.05, 4.69) is 36.2 Å². The van der Waals surface area contributed by atoms with E-state index in [0.29, 0.717) is 12.3 Å². The standard InChI is InChI=1S/C14H14N2/c1-11(5-7-15)12-3-2-4-13(9-12)14-6-8-16-10-14/h2-4,6,8-11,16H,5H2,1H3. The van der Waals surface area contributed by atoms with E-state index >= 15 is 0 Å². The van der Waals surface area contributed by atoms with Crippen molar-refractivity contribution in [3.8, 4) is 17.2 Å². The van der Waals surface area contributed by atoms with Crippen molar-refractivity contribution < 1.29 is 0 Å². The summed E-state index contributed by atoms with van der Waals surface area (Å²) in [6.45, 7) is 2.08. The van der Waals surface area contributed by atoms with Crippen LogP contribution >= 0.6 is 0 Å². The molecule has 1 aromatic heterocycles. The average molecular weight is 210 g/mol. The second-order valence-electron chi connectivity index (χ2n) is 3.99. The second-order valence-corrected chi connectivity index (χ2v) is 3.99. The zero-order chi connectivity index (χ0) is 11.4. The zero-order valence-electron chi connectivity index (χ0n) is 9.27. The quantitative estimate of drug-likeness (QED) is 0.824. The third kappa shape index (κ3) is 2.14. The number of hydrogen-bond donors (Lipinski definition) is 1. The molecule has 0 spiro atoms. The molecule has 0 aliphatic rings. The number of rotatable bonds is 3. The van der Waals surface area contributed by atoms with Gasteiger partial charge in [0.25, 0.3) is 0 Å². The van der Waals surface area contributed by atoms with Gasteiger partial charge in [0.15, 0.2) is 0 Å². The Morgan fingerprint density at radius 1 is 1.31 bits per heavy atom. The third-order valence-electron chi connectivity index (χ3n) is 2.78. The largest absolute Gasteiger partial charge is 0.367 e. The van der Waals surface area contributed by atoms with Gasteiger partial charge >= 0.3 is 0 Å². The third-order valence-corrected chi connectivity index (χ3v) is 2.78. The molecule has 1 unspecified atom stereocenters. The zero-order valence-corrected chi connectivity index (χ0v) is 9.27. The Hall–Kier alpha value is -2.01. The molecule has 0 aliphatic heterocycles. The van der Waals surface area contributed by atoms with Crippen molar-refractivity contribution in [1.29, 1.82) is 5.26 Å². The average Bonchev–Trinajstić information content (AvgIpc) is 2.83. The second kappa shape index (κ2) is 4.67. The predicted octanol–water partition coefficient (Wildman–Crippen LogP) is 3.70. The van der Waals surface area contributed by atoms with E-state index < -0.39 is 0 Å². The molecule has 16 heavy (non-hydrogen) atoms. The molecule has 2 nitrogen and oxygen atoms in total. The Balaban J connectivity index is 2.31. The highest BCUT2D eigenvalue weighted by molar-refractivity contribution is 5.63. The monoisotopic (exact) mass is 210 g/mol. The van der Waals surface area contributed by atoms with Crippen LogP contribution in [0.25, 0.3) is 11.1 Å². The molecule has 0 aliphatic carbocycles. The molecule has 2 aromatic rings. The molecule has 0 bridgehead atoms. The highest BCUT2D eigenvalue weighted by Crippen LogP contribution is 2.25. The first-order valence-corrected chi connectivity index (χ1v) is 5.41. The van der Waals surface area contributed by atoms with Gasteiger partial charge in [-0.2, -0.15) is 5.26 Å². The highest BCUT2D eigenvalue weighted by atomic mass is 14.6. The Kier molecular flexibility index (Phi) is 3.07. The van der Waals surface area contributed by atoms with Gasteiger partial charge in [0, 0.05) is 18.8 Å². The fourth-order valence-electron chi connectivity index (χ4n) is 1.78. The van der Waals surface area contributed by atoms with Crippen LogP contribution in [-0.4, -0.2) is 4.98 Å². The molecule has 0 amide bonds. The van der Waals surface area contributed by atoms with E-state index in [4.69, 9.17) is 5.26 Å². The first-order chi connectivity index (χ1) is 7.81. The number of benzene rings is 1. The van der Waals surface area contributed by atoms with Crippen LogP contribution in [0.1, 0.15) is 24.8 Å². The maximum Gasteiger partial charge on any atom is 0.0628 e. The summed E-state index contributed by atoms with van der Waals surface area (Å²) in [5.41, 5.74) is 3.61. The van der Waals surface area contributed by atoms with Gasteiger partial charge in [0.05, 0.1) is 6.07 Å². The summed E-state index contributed by atoms with van der Waals surface area (Å²) in [5, 5.41) is 8.70. The highest BCUT2D eigenvalue weighted by Gasteiger charge is 2.06. The van der Waals surface area contributed by atoms with Crippen LogP contribution < -0.4 is 0 Å². The molecule has 1 N–H and O–H groups in total. The van der Waals surface area contributed by atoms with Gasteiger partial charge in [-0.15, -0.1) is 0 Å². The molecule has 1 atom stereocenters. The number of H-pyrrole nitrogens is 1. The summed E-state index contributed by atoms with van der Waals surface area (Å²) < 4.78 is 0. The van der Waals surface area contributed by atoms with E-state index in [0.717, 1.165) is 0 Å². The number of hydrogen-bond acceptors (Lipinski definition) is 1. The van der Waals surface area contributed by atoms with E-state index in [-0.39, 0.29) is 0 Å². The molecular formula is C14H14N2. The van der Waals surface area contributed by atoms with Gasteiger partial charge in [-0.3, -0.25) is 0 Å². The van der Waals surface area contributed by atoms with Gasteiger partial charge in [0.2, 0.25) is 0 Å². The maximum absolute atomic E-state index is 8.70. The number of nitrogens with zero attached hydrogens (tertiary/aromatic N) is 1. The molecule has 1 aromatic carbocycles. The van der Waals surface area contributed by atoms with Crippen molar-refractivity contribution in [2.75, 3.05) is 0 Å². The van der Waals surface area contributed by atoms with Crippen LogP contribution in [0.4, 0.5) is 0 Å². The smallest absolute Gasteiger partial charge is 0.0628 e. The minimum Gasteiger partial charge on any atom is -0.367 e. The van der Waals surface area contributed by atoms with Crippen molar-refractivity contribution in [2.45, 2.75) is 19.3 Å². The summed E-state index contributed by atoms with van der Waals surface area (Å²) in [5.74, 6) is 0.295. The van der Waals surface area contributed by atoms with Gasteiger partial charge in [-0.1, -0.05) is 31.2 Å². The molecular weight excluding hydrogens is 196 g/mol. The Morgan fingerprint density at radius 2 is 2.19 bits per heavy atom. The van der Waals surface area contributed by atoms with Crippen LogP contribution in [0.2, 0.25) is 0 Å². The first kappa shape index (κ1) is 10.5. The molecule has 1 heterocycles. The lowest BCUT2D eigenvalue weighted by Gasteiger charge is -2.08. The number of nitrogens with one attached hydrogen (secondary N) is 1. The van der Waals surface area contributed by atoms with Gasteiger partial charge in [-0.05, 0) is 28.7 Å². The first-order valence-electron chi connectivity index (χ1n) is 5.41. The summed E-state index contributed by atoms with van der Waals surface area (Å²) in [6.07, 6.45) is 4.46. The summed E-state index contributed by atoms with van der Waals surface area (Å²) in [7, 11) is 0. The Morgan fingerprint density at radius 3 is 2.88 bits per heavy atom. The van der Waals surface area contributed by atoms with Crippen molar-refractivity contribution in [3.63, 3.8) is 0 Å². The fourth-order valence-corrected chi connectivity index (χ4v) is 1.78. The van der Waals surface area contributed by atoms with E-state index in [1.807, 2.05) is 24.5 Å². The molecule has 80 valence electrons. The summed E-state index contributed by atoms with van der Waals surface area (Å²) in [6, 6.07) is 12.6. The molecule has 0 saturated heterocycles. The molecule has 2 heteroatoms. The minimum atomic E-state index is 0.295. The van der Waals surface area contributed by atoms with Crippen LogP contribution in [-0.2, 0) is 0 Å². The number of aromatic amines is 1. The van der Waals surface area contributed by atoms with E-state index in [9.17, 15) is 0 Å². The lowest BCUT2D eigenvalue weighted by Crippen LogP contribution is -1.91. The predicted molar refractivity (Wildman–Crippen MR) is 64.9 cm³/mol.